The van der Waals surface area contributed by atoms with Gasteiger partial charge in [0.05, 0.1) is 11.2 Å². The summed E-state index contributed by atoms with van der Waals surface area (Å²) in [6.45, 7) is 0. The van der Waals surface area contributed by atoms with Gasteiger partial charge < -0.3 is 10.3 Å². The minimum atomic E-state index is -0.0994. The Kier molecular flexibility index (Phi) is 2.94. The van der Waals surface area contributed by atoms with Crippen LogP contribution in [0.1, 0.15) is 5.56 Å². The zero-order chi connectivity index (χ0) is 9.14. The maximum absolute atomic E-state index is 9.30. The van der Waals surface area contributed by atoms with Crippen LogP contribution in [0.2, 0.25) is 5.02 Å². The number of nitrogens with zero attached hydrogens (tertiary/aromatic N) is 1. The fraction of sp³-hybridized carbons (Fsp3) is 0. The molecule has 0 aliphatic rings. The van der Waals surface area contributed by atoms with Crippen LogP contribution in [-0.2, 0) is 0 Å². The van der Waals surface area contributed by atoms with Crippen LogP contribution < -0.4 is 0 Å². The summed E-state index contributed by atoms with van der Waals surface area (Å²) in [5.74, 6) is -0.0994. The van der Waals surface area contributed by atoms with Gasteiger partial charge in [-0.05, 0) is 12.1 Å². The molecule has 0 bridgehead atoms. The maximum atomic E-state index is 9.30. The van der Waals surface area contributed by atoms with Crippen LogP contribution in [0.3, 0.4) is 0 Å². The second kappa shape index (κ2) is 3.78. The lowest BCUT2D eigenvalue weighted by Crippen LogP contribution is -1.83. The quantitative estimate of drug-likeness (QED) is 0.457. The van der Waals surface area contributed by atoms with Crippen LogP contribution in [0.5, 0.6) is 5.75 Å². The lowest BCUT2D eigenvalue weighted by molar-refractivity contribution is 0.321. The SMILES string of the molecule is ON=Cc1cc(Br)cc(Cl)c1O. The van der Waals surface area contributed by atoms with Crippen molar-refractivity contribution < 1.29 is 10.3 Å². The number of benzene rings is 1. The molecule has 0 aliphatic heterocycles. The average molecular weight is 250 g/mol. The van der Waals surface area contributed by atoms with Crippen molar-refractivity contribution >= 4 is 33.7 Å². The smallest absolute Gasteiger partial charge is 0.143 e. The van der Waals surface area contributed by atoms with E-state index < -0.39 is 0 Å². The lowest BCUT2D eigenvalue weighted by atomic mass is 10.2. The van der Waals surface area contributed by atoms with Gasteiger partial charge in [0, 0.05) is 10.0 Å². The molecule has 5 heteroatoms. The first-order chi connectivity index (χ1) is 5.65. The molecule has 1 aromatic carbocycles. The van der Waals surface area contributed by atoms with Crippen molar-refractivity contribution in [3.05, 3.63) is 27.2 Å². The van der Waals surface area contributed by atoms with Gasteiger partial charge in [-0.1, -0.05) is 32.7 Å². The van der Waals surface area contributed by atoms with Gasteiger partial charge in [0.1, 0.15) is 5.75 Å². The Bertz CT molecular complexity index is 327. The van der Waals surface area contributed by atoms with E-state index in [-0.39, 0.29) is 10.8 Å². The topological polar surface area (TPSA) is 52.8 Å². The molecular weight excluding hydrogens is 245 g/mol. The number of hydrogen-bond acceptors (Lipinski definition) is 3. The number of phenols is 1. The fourth-order valence-electron chi connectivity index (χ4n) is 0.746. The second-order valence-corrected chi connectivity index (χ2v) is 3.39. The maximum Gasteiger partial charge on any atom is 0.143 e. The molecular formula is C7H5BrClNO2. The van der Waals surface area contributed by atoms with E-state index in [9.17, 15) is 5.11 Å². The molecule has 1 rings (SSSR count). The highest BCUT2D eigenvalue weighted by atomic mass is 79.9. The molecule has 0 fully saturated rings. The van der Waals surface area contributed by atoms with Crippen LogP contribution in [0.15, 0.2) is 21.8 Å². The van der Waals surface area contributed by atoms with Crippen LogP contribution in [0.4, 0.5) is 0 Å². The number of oxime groups is 1. The number of hydrogen-bond donors (Lipinski definition) is 2. The molecule has 0 amide bonds. The van der Waals surface area contributed by atoms with E-state index in [1.165, 1.54) is 0 Å². The standard InChI is InChI=1S/C7H5BrClNO2/c8-5-1-4(3-10-12)7(11)6(9)2-5/h1-3,11-12H. The number of phenolic OH excluding ortho intramolecular Hbond substituents is 1. The van der Waals surface area contributed by atoms with Gasteiger partial charge in [0.15, 0.2) is 0 Å². The number of halogens is 2. The van der Waals surface area contributed by atoms with Gasteiger partial charge >= 0.3 is 0 Å². The number of rotatable bonds is 1. The summed E-state index contributed by atoms with van der Waals surface area (Å²) in [4.78, 5) is 0. The summed E-state index contributed by atoms with van der Waals surface area (Å²) in [7, 11) is 0. The molecule has 0 atom stereocenters. The molecule has 0 unspecified atom stereocenters. The van der Waals surface area contributed by atoms with E-state index >= 15 is 0 Å². The van der Waals surface area contributed by atoms with Crippen LogP contribution >= 0.6 is 27.5 Å². The van der Waals surface area contributed by atoms with Crippen LogP contribution in [0, 0.1) is 0 Å². The van der Waals surface area contributed by atoms with Gasteiger partial charge in [0.25, 0.3) is 0 Å². The number of aromatic hydroxyl groups is 1. The molecule has 0 saturated heterocycles. The van der Waals surface area contributed by atoms with E-state index in [1.807, 2.05) is 0 Å². The van der Waals surface area contributed by atoms with Crippen molar-refractivity contribution in [1.82, 2.24) is 0 Å². The predicted molar refractivity (Wildman–Crippen MR) is 50.2 cm³/mol. The van der Waals surface area contributed by atoms with Crippen molar-refractivity contribution in [3.8, 4) is 5.75 Å². The molecule has 0 radical (unpaired) electrons. The predicted octanol–water partition coefficient (Wildman–Crippen LogP) is 2.62. The first-order valence-electron chi connectivity index (χ1n) is 3.00. The highest BCUT2D eigenvalue weighted by Crippen LogP contribution is 2.30. The summed E-state index contributed by atoms with van der Waals surface area (Å²) in [6, 6.07) is 3.13. The largest absolute Gasteiger partial charge is 0.506 e. The van der Waals surface area contributed by atoms with Gasteiger partial charge in [-0.15, -0.1) is 0 Å². The van der Waals surface area contributed by atoms with Crippen LogP contribution in [0.25, 0.3) is 0 Å². The van der Waals surface area contributed by atoms with Gasteiger partial charge in [0.2, 0.25) is 0 Å². The first-order valence-corrected chi connectivity index (χ1v) is 4.17. The average Bonchev–Trinajstić information content (AvgIpc) is 2.00. The molecule has 0 spiro atoms. The lowest BCUT2D eigenvalue weighted by Gasteiger charge is -2.00. The minimum Gasteiger partial charge on any atom is -0.506 e. The Morgan fingerprint density at radius 3 is 2.75 bits per heavy atom. The summed E-state index contributed by atoms with van der Waals surface area (Å²) >= 11 is 8.81. The highest BCUT2D eigenvalue weighted by molar-refractivity contribution is 9.10. The van der Waals surface area contributed by atoms with E-state index in [2.05, 4.69) is 21.1 Å². The third-order valence-electron chi connectivity index (χ3n) is 1.25. The molecule has 0 heterocycles. The summed E-state index contributed by atoms with van der Waals surface area (Å²) in [5, 5.41) is 20.5. The highest BCUT2D eigenvalue weighted by Gasteiger charge is 2.05. The molecule has 0 aliphatic carbocycles. The summed E-state index contributed by atoms with van der Waals surface area (Å²) in [5.41, 5.74) is 0.358. The van der Waals surface area contributed by atoms with Crippen molar-refractivity contribution in [2.45, 2.75) is 0 Å². The van der Waals surface area contributed by atoms with Crippen molar-refractivity contribution in [1.29, 1.82) is 0 Å². The Morgan fingerprint density at radius 2 is 2.17 bits per heavy atom. The fourth-order valence-corrected chi connectivity index (χ4v) is 1.58. The zero-order valence-electron chi connectivity index (χ0n) is 5.83. The zero-order valence-corrected chi connectivity index (χ0v) is 8.17. The van der Waals surface area contributed by atoms with Crippen molar-refractivity contribution in [2.24, 2.45) is 5.16 Å². The van der Waals surface area contributed by atoms with Gasteiger partial charge in [-0.3, -0.25) is 0 Å². The molecule has 1 aromatic rings. The second-order valence-electron chi connectivity index (χ2n) is 2.07. The Labute approximate surface area is 82.4 Å². The van der Waals surface area contributed by atoms with Gasteiger partial charge in [-0.25, -0.2) is 0 Å². The van der Waals surface area contributed by atoms with E-state index in [0.29, 0.717) is 10.0 Å². The minimum absolute atomic E-state index is 0.0994. The molecule has 64 valence electrons. The Morgan fingerprint density at radius 1 is 1.50 bits per heavy atom. The van der Waals surface area contributed by atoms with E-state index in [1.54, 1.807) is 12.1 Å². The molecule has 0 aromatic heterocycles. The molecule has 12 heavy (non-hydrogen) atoms. The van der Waals surface area contributed by atoms with Crippen molar-refractivity contribution in [3.63, 3.8) is 0 Å². The Hall–Kier alpha value is -0.740. The van der Waals surface area contributed by atoms with Crippen LogP contribution in [-0.4, -0.2) is 16.5 Å². The third kappa shape index (κ3) is 1.89. The van der Waals surface area contributed by atoms with E-state index in [0.717, 1.165) is 6.21 Å². The summed E-state index contributed by atoms with van der Waals surface area (Å²) in [6.07, 6.45) is 1.10. The first kappa shape index (κ1) is 9.35. The Balaban J connectivity index is 3.27. The van der Waals surface area contributed by atoms with Gasteiger partial charge in [-0.2, -0.15) is 0 Å². The van der Waals surface area contributed by atoms with E-state index in [4.69, 9.17) is 16.8 Å². The normalized spacial score (nSPS) is 10.8. The third-order valence-corrected chi connectivity index (χ3v) is 2.00. The molecule has 3 nitrogen and oxygen atoms in total. The molecule has 0 saturated carbocycles. The summed E-state index contributed by atoms with van der Waals surface area (Å²) < 4.78 is 0.709. The van der Waals surface area contributed by atoms with Crippen molar-refractivity contribution in [2.75, 3.05) is 0 Å². The monoisotopic (exact) mass is 249 g/mol. The molecule has 2 N–H and O–H groups in total.